The number of carbonyl (C=O) groups excluding carboxylic acids is 1. The van der Waals surface area contributed by atoms with E-state index in [-0.39, 0.29) is 18.1 Å². The first-order valence-corrected chi connectivity index (χ1v) is 9.10. The Morgan fingerprint density at radius 3 is 2.72 bits per heavy atom. The summed E-state index contributed by atoms with van der Waals surface area (Å²) in [6.07, 6.45) is 1.50. The van der Waals surface area contributed by atoms with Crippen molar-refractivity contribution in [2.45, 2.75) is 6.92 Å². The van der Waals surface area contributed by atoms with Gasteiger partial charge in [-0.3, -0.25) is 14.2 Å². The van der Waals surface area contributed by atoms with E-state index >= 15 is 0 Å². The normalized spacial score (nSPS) is 12.9. The van der Waals surface area contributed by atoms with Crippen LogP contribution in [0, 0.1) is 12.7 Å². The highest BCUT2D eigenvalue weighted by Crippen LogP contribution is 2.33. The lowest BCUT2D eigenvalue weighted by Gasteiger charge is -2.29. The number of aromatic nitrogens is 1. The molecular formula is C22H19FN2O4. The number of ether oxygens (including phenoxy) is 2. The minimum Gasteiger partial charge on any atom is -0.495 e. The number of halogens is 1. The first-order valence-electron chi connectivity index (χ1n) is 9.10. The second kappa shape index (κ2) is 7.43. The van der Waals surface area contributed by atoms with Crippen LogP contribution in [0.25, 0.3) is 5.69 Å². The average molecular weight is 394 g/mol. The van der Waals surface area contributed by atoms with Crippen LogP contribution in [0.1, 0.15) is 15.9 Å². The minimum absolute atomic E-state index is 0.257. The van der Waals surface area contributed by atoms with E-state index in [2.05, 4.69) is 0 Å². The van der Waals surface area contributed by atoms with Gasteiger partial charge in [-0.25, -0.2) is 4.39 Å². The van der Waals surface area contributed by atoms with Crippen LogP contribution in [0.15, 0.2) is 59.5 Å². The zero-order valence-corrected chi connectivity index (χ0v) is 16.0. The molecule has 0 aliphatic carbocycles. The smallest absolute Gasteiger partial charge is 0.260 e. The number of anilines is 1. The van der Waals surface area contributed by atoms with Crippen LogP contribution < -0.4 is 19.9 Å². The van der Waals surface area contributed by atoms with Crippen LogP contribution in [0.3, 0.4) is 0 Å². The van der Waals surface area contributed by atoms with Crippen LogP contribution in [0.2, 0.25) is 0 Å². The van der Waals surface area contributed by atoms with E-state index in [1.165, 1.54) is 53.1 Å². The van der Waals surface area contributed by atoms with Crippen LogP contribution >= 0.6 is 0 Å². The Balaban J connectivity index is 1.77. The number of rotatable bonds is 3. The summed E-state index contributed by atoms with van der Waals surface area (Å²) in [5, 5.41) is 0. The first kappa shape index (κ1) is 18.7. The molecule has 0 atom stereocenters. The lowest BCUT2D eigenvalue weighted by Crippen LogP contribution is -2.38. The summed E-state index contributed by atoms with van der Waals surface area (Å²) < 4.78 is 25.7. The highest BCUT2D eigenvalue weighted by atomic mass is 19.1. The molecule has 0 saturated heterocycles. The molecular weight excluding hydrogens is 375 g/mol. The van der Waals surface area contributed by atoms with Gasteiger partial charge in [-0.1, -0.05) is 6.07 Å². The fourth-order valence-electron chi connectivity index (χ4n) is 3.35. The van der Waals surface area contributed by atoms with Gasteiger partial charge in [-0.05, 0) is 42.8 Å². The topological polar surface area (TPSA) is 60.8 Å². The number of aryl methyl sites for hydroxylation is 1. The van der Waals surface area contributed by atoms with Crippen molar-refractivity contribution in [3.05, 3.63) is 82.0 Å². The molecule has 0 radical (unpaired) electrons. The number of methoxy groups -OCH3 is 1. The number of nitrogens with zero attached hydrogens (tertiary/aromatic N) is 2. The summed E-state index contributed by atoms with van der Waals surface area (Å²) in [4.78, 5) is 27.2. The predicted molar refractivity (Wildman–Crippen MR) is 107 cm³/mol. The second-order valence-corrected chi connectivity index (χ2v) is 6.72. The molecule has 0 spiro atoms. The van der Waals surface area contributed by atoms with Gasteiger partial charge in [0.05, 0.1) is 30.6 Å². The molecule has 0 bridgehead atoms. The molecule has 1 aliphatic heterocycles. The summed E-state index contributed by atoms with van der Waals surface area (Å²) >= 11 is 0. The molecule has 2 heterocycles. The van der Waals surface area contributed by atoms with Crippen molar-refractivity contribution in [2.75, 3.05) is 25.2 Å². The molecule has 0 saturated carbocycles. The Hall–Kier alpha value is -3.61. The van der Waals surface area contributed by atoms with Crippen molar-refractivity contribution in [1.82, 2.24) is 4.57 Å². The van der Waals surface area contributed by atoms with Gasteiger partial charge in [0.2, 0.25) is 0 Å². The SMILES string of the molecule is COc1ccc(C)cc1-n1cc(C(=O)N2CCOc3cc(F)ccc32)ccc1=O. The van der Waals surface area contributed by atoms with Gasteiger partial charge in [0.25, 0.3) is 11.5 Å². The van der Waals surface area contributed by atoms with Gasteiger partial charge < -0.3 is 14.4 Å². The third-order valence-electron chi connectivity index (χ3n) is 4.78. The molecule has 3 aromatic rings. The van der Waals surface area contributed by atoms with Crippen LogP contribution in [0.4, 0.5) is 10.1 Å². The second-order valence-electron chi connectivity index (χ2n) is 6.72. The van der Waals surface area contributed by atoms with Crippen molar-refractivity contribution in [2.24, 2.45) is 0 Å². The Morgan fingerprint density at radius 2 is 1.93 bits per heavy atom. The van der Waals surface area contributed by atoms with Crippen LogP contribution in [0.5, 0.6) is 11.5 Å². The van der Waals surface area contributed by atoms with Gasteiger partial charge in [-0.15, -0.1) is 0 Å². The third kappa shape index (κ3) is 3.47. The first-order chi connectivity index (χ1) is 14.0. The number of benzene rings is 2. The number of fused-ring (bicyclic) bond motifs is 1. The maximum atomic E-state index is 13.5. The van der Waals surface area contributed by atoms with Crippen molar-refractivity contribution >= 4 is 11.6 Å². The number of amides is 1. The van der Waals surface area contributed by atoms with E-state index in [9.17, 15) is 14.0 Å². The molecule has 7 heteroatoms. The molecule has 1 amide bonds. The zero-order chi connectivity index (χ0) is 20.5. The van der Waals surface area contributed by atoms with Crippen molar-refractivity contribution in [1.29, 1.82) is 0 Å². The summed E-state index contributed by atoms with van der Waals surface area (Å²) in [6.45, 7) is 2.49. The number of pyridine rings is 1. The van der Waals surface area contributed by atoms with Crippen LogP contribution in [-0.4, -0.2) is 30.7 Å². The Bertz CT molecular complexity index is 1160. The third-order valence-corrected chi connectivity index (χ3v) is 4.78. The minimum atomic E-state index is -0.432. The van der Waals surface area contributed by atoms with Gasteiger partial charge >= 0.3 is 0 Å². The molecule has 0 unspecified atom stereocenters. The lowest BCUT2D eigenvalue weighted by atomic mass is 10.1. The Kier molecular flexibility index (Phi) is 4.80. The maximum absolute atomic E-state index is 13.5. The van der Waals surface area contributed by atoms with E-state index in [1.54, 1.807) is 6.07 Å². The molecule has 1 aliphatic rings. The summed E-state index contributed by atoms with van der Waals surface area (Å²) in [5.41, 5.74) is 2.04. The molecule has 4 rings (SSSR count). The molecule has 29 heavy (non-hydrogen) atoms. The quantitative estimate of drug-likeness (QED) is 0.684. The molecule has 2 aromatic carbocycles. The van der Waals surface area contributed by atoms with Gasteiger partial charge in [0, 0.05) is 18.3 Å². The van der Waals surface area contributed by atoms with Crippen molar-refractivity contribution in [3.8, 4) is 17.2 Å². The summed E-state index contributed by atoms with van der Waals surface area (Å²) in [6, 6.07) is 12.4. The number of hydrogen-bond acceptors (Lipinski definition) is 4. The van der Waals surface area contributed by atoms with E-state index in [0.29, 0.717) is 35.0 Å². The van der Waals surface area contributed by atoms with Crippen molar-refractivity contribution < 1.29 is 18.7 Å². The molecule has 1 aromatic heterocycles. The highest BCUT2D eigenvalue weighted by Gasteiger charge is 2.25. The standard InChI is InChI=1S/C22H19FN2O4/c1-14-3-7-19(28-2)18(11-14)25-13-15(4-8-21(25)26)22(27)24-9-10-29-20-12-16(23)5-6-17(20)24/h3-8,11-13H,9-10H2,1-2H3. The highest BCUT2D eigenvalue weighted by molar-refractivity contribution is 6.07. The van der Waals surface area contributed by atoms with Gasteiger partial charge in [0.15, 0.2) is 0 Å². The molecule has 148 valence electrons. The Labute approximate surface area is 166 Å². The molecule has 0 N–H and O–H groups in total. The van der Waals surface area contributed by atoms with Gasteiger partial charge in [0.1, 0.15) is 23.9 Å². The summed E-state index contributed by atoms with van der Waals surface area (Å²) in [5.74, 6) is 0.104. The maximum Gasteiger partial charge on any atom is 0.260 e. The molecule has 6 nitrogen and oxygen atoms in total. The summed E-state index contributed by atoms with van der Waals surface area (Å²) in [7, 11) is 1.53. The zero-order valence-electron chi connectivity index (χ0n) is 16.0. The molecule has 0 fully saturated rings. The monoisotopic (exact) mass is 394 g/mol. The van der Waals surface area contributed by atoms with E-state index < -0.39 is 5.82 Å². The fourth-order valence-corrected chi connectivity index (χ4v) is 3.35. The Morgan fingerprint density at radius 1 is 1.10 bits per heavy atom. The average Bonchev–Trinajstić information content (AvgIpc) is 2.73. The largest absolute Gasteiger partial charge is 0.495 e. The van der Waals surface area contributed by atoms with Crippen molar-refractivity contribution in [3.63, 3.8) is 0 Å². The van der Waals surface area contributed by atoms with Gasteiger partial charge in [-0.2, -0.15) is 0 Å². The van der Waals surface area contributed by atoms with E-state index in [4.69, 9.17) is 9.47 Å². The number of carbonyl (C=O) groups is 1. The van der Waals surface area contributed by atoms with E-state index in [1.807, 2.05) is 19.1 Å². The fraction of sp³-hybridized carbons (Fsp3) is 0.182. The van der Waals surface area contributed by atoms with E-state index in [0.717, 1.165) is 5.56 Å². The van der Waals surface area contributed by atoms with Crippen LogP contribution in [-0.2, 0) is 0 Å². The number of hydrogen-bond donors (Lipinski definition) is 0. The lowest BCUT2D eigenvalue weighted by molar-refractivity contribution is 0.0976. The predicted octanol–water partition coefficient (Wildman–Crippen LogP) is 3.33.